The van der Waals surface area contributed by atoms with E-state index in [1.54, 1.807) is 0 Å². The van der Waals surface area contributed by atoms with Gasteiger partial charge in [-0.25, -0.2) is 0 Å². The minimum Gasteiger partial charge on any atom is -0.334 e. The summed E-state index contributed by atoms with van der Waals surface area (Å²) in [6.45, 7) is 2.63. The van der Waals surface area contributed by atoms with Crippen molar-refractivity contribution in [3.8, 4) is 0 Å². The molecule has 1 amide bonds. The molecule has 1 saturated carbocycles. The molecule has 0 heterocycles. The van der Waals surface area contributed by atoms with Crippen LogP contribution in [0.25, 0.3) is 0 Å². The first kappa shape index (κ1) is 12.4. The van der Waals surface area contributed by atoms with E-state index in [-0.39, 0.29) is 5.91 Å². The molecule has 3 heteroatoms. The lowest BCUT2D eigenvalue weighted by atomic mass is 9.90. The summed E-state index contributed by atoms with van der Waals surface area (Å²) < 4.78 is 0. The number of benzene rings is 1. The average molecular weight is 252 g/mol. The molecule has 1 aliphatic carbocycles. The minimum absolute atomic E-state index is 0.133. The van der Waals surface area contributed by atoms with Gasteiger partial charge in [0.05, 0.1) is 0 Å². The molecule has 0 radical (unpaired) electrons. The fourth-order valence-electron chi connectivity index (χ4n) is 2.21. The summed E-state index contributed by atoms with van der Waals surface area (Å²) in [5.41, 5.74) is 1.85. The highest BCUT2D eigenvalue weighted by Gasteiger charge is 2.29. The van der Waals surface area contributed by atoms with E-state index in [0.717, 1.165) is 24.0 Å². The number of carbonyl (C=O) groups is 1. The lowest BCUT2D eigenvalue weighted by Crippen LogP contribution is -2.45. The van der Waals surface area contributed by atoms with Crippen LogP contribution in [0, 0.1) is 6.92 Å². The predicted octanol–water partition coefficient (Wildman–Crippen LogP) is 3.23. The van der Waals surface area contributed by atoms with Crippen LogP contribution in [0.2, 0.25) is 0 Å². The molecule has 2 rings (SSSR count). The van der Waals surface area contributed by atoms with Crippen molar-refractivity contribution in [1.29, 1.82) is 0 Å². The summed E-state index contributed by atoms with van der Waals surface area (Å²) in [5, 5.41) is 0. The van der Waals surface area contributed by atoms with E-state index in [9.17, 15) is 4.79 Å². The van der Waals surface area contributed by atoms with E-state index in [4.69, 9.17) is 11.6 Å². The Morgan fingerprint density at radius 1 is 1.41 bits per heavy atom. The summed E-state index contributed by atoms with van der Waals surface area (Å²) in [6, 6.07) is 8.16. The van der Waals surface area contributed by atoms with E-state index in [1.807, 2.05) is 36.1 Å². The Balaban J connectivity index is 2.18. The molecule has 1 aromatic carbocycles. The quantitative estimate of drug-likeness (QED) is 0.753. The van der Waals surface area contributed by atoms with Gasteiger partial charge < -0.3 is 4.90 Å². The first-order valence-electron chi connectivity index (χ1n) is 6.16. The number of carbonyl (C=O) groups excluding carboxylic acids is 1. The van der Waals surface area contributed by atoms with Crippen molar-refractivity contribution < 1.29 is 4.79 Å². The highest BCUT2D eigenvalue weighted by Crippen LogP contribution is 2.26. The molecule has 0 atom stereocenters. The van der Waals surface area contributed by atoms with Crippen LogP contribution in [-0.2, 0) is 0 Å². The number of hydrogen-bond acceptors (Lipinski definition) is 1. The molecule has 0 N–H and O–H groups in total. The van der Waals surface area contributed by atoms with Crippen molar-refractivity contribution >= 4 is 17.5 Å². The average Bonchev–Trinajstić information content (AvgIpc) is 2.26. The third-order valence-corrected chi connectivity index (χ3v) is 3.65. The molecular formula is C14H18ClNO. The molecular weight excluding hydrogens is 234 g/mol. The molecule has 1 aromatic rings. The maximum Gasteiger partial charge on any atom is 0.254 e. The molecule has 1 fully saturated rings. The largest absolute Gasteiger partial charge is 0.334 e. The van der Waals surface area contributed by atoms with Crippen molar-refractivity contribution in [3.05, 3.63) is 35.4 Å². The van der Waals surface area contributed by atoms with Gasteiger partial charge in [-0.2, -0.15) is 0 Å². The smallest absolute Gasteiger partial charge is 0.254 e. The van der Waals surface area contributed by atoms with Crippen molar-refractivity contribution in [2.75, 3.05) is 12.4 Å². The fourth-order valence-corrected chi connectivity index (χ4v) is 2.39. The number of alkyl halides is 1. The van der Waals surface area contributed by atoms with Gasteiger partial charge in [0.2, 0.25) is 0 Å². The molecule has 0 spiro atoms. The second kappa shape index (κ2) is 5.54. The first-order chi connectivity index (χ1) is 8.24. The number of aryl methyl sites for hydroxylation is 1. The number of hydrogen-bond donors (Lipinski definition) is 0. The normalized spacial score (nSPS) is 15.4. The minimum atomic E-state index is 0.133. The maximum atomic E-state index is 12.5. The van der Waals surface area contributed by atoms with Gasteiger partial charge in [0.25, 0.3) is 5.91 Å². The molecule has 2 nitrogen and oxygen atoms in total. The van der Waals surface area contributed by atoms with Crippen LogP contribution in [0.3, 0.4) is 0 Å². The SMILES string of the molecule is Cc1ccccc1C(=O)N(CCCl)C1CCC1. The highest BCUT2D eigenvalue weighted by atomic mass is 35.5. The maximum absolute atomic E-state index is 12.5. The Bertz CT molecular complexity index is 401. The lowest BCUT2D eigenvalue weighted by molar-refractivity contribution is 0.0597. The van der Waals surface area contributed by atoms with Crippen LogP contribution in [0.1, 0.15) is 35.2 Å². The molecule has 92 valence electrons. The van der Waals surface area contributed by atoms with Crippen LogP contribution >= 0.6 is 11.6 Å². The van der Waals surface area contributed by atoms with E-state index in [2.05, 4.69) is 0 Å². The number of halogens is 1. The van der Waals surface area contributed by atoms with Crippen molar-refractivity contribution in [2.24, 2.45) is 0 Å². The number of nitrogens with zero attached hydrogens (tertiary/aromatic N) is 1. The summed E-state index contributed by atoms with van der Waals surface area (Å²) in [4.78, 5) is 14.4. The topological polar surface area (TPSA) is 20.3 Å². The zero-order valence-electron chi connectivity index (χ0n) is 10.2. The monoisotopic (exact) mass is 251 g/mol. The Labute approximate surface area is 108 Å². The third-order valence-electron chi connectivity index (χ3n) is 3.48. The second-order valence-corrected chi connectivity index (χ2v) is 4.97. The molecule has 0 bridgehead atoms. The molecule has 17 heavy (non-hydrogen) atoms. The molecule has 0 aliphatic heterocycles. The zero-order chi connectivity index (χ0) is 12.3. The summed E-state index contributed by atoms with van der Waals surface area (Å²) in [6.07, 6.45) is 3.47. The molecule has 0 unspecified atom stereocenters. The van der Waals surface area contributed by atoms with Gasteiger partial charge in [-0.3, -0.25) is 4.79 Å². The summed E-state index contributed by atoms with van der Waals surface area (Å²) in [5.74, 6) is 0.641. The lowest BCUT2D eigenvalue weighted by Gasteiger charge is -2.37. The van der Waals surface area contributed by atoms with Crippen LogP contribution in [-0.4, -0.2) is 29.3 Å². The summed E-state index contributed by atoms with van der Waals surface area (Å²) in [7, 11) is 0. The summed E-state index contributed by atoms with van der Waals surface area (Å²) >= 11 is 5.80. The molecule has 0 saturated heterocycles. The van der Waals surface area contributed by atoms with Crippen molar-refractivity contribution in [1.82, 2.24) is 4.90 Å². The van der Waals surface area contributed by atoms with Gasteiger partial charge in [-0.15, -0.1) is 11.6 Å². The Hall–Kier alpha value is -1.02. The zero-order valence-corrected chi connectivity index (χ0v) is 10.9. The Morgan fingerprint density at radius 2 is 2.12 bits per heavy atom. The van der Waals surface area contributed by atoms with E-state index >= 15 is 0 Å². The third kappa shape index (κ3) is 2.63. The molecule has 1 aliphatic rings. The predicted molar refractivity (Wildman–Crippen MR) is 70.6 cm³/mol. The van der Waals surface area contributed by atoms with E-state index in [1.165, 1.54) is 6.42 Å². The fraction of sp³-hybridized carbons (Fsp3) is 0.500. The van der Waals surface area contributed by atoms with Crippen molar-refractivity contribution in [2.45, 2.75) is 32.2 Å². The Kier molecular flexibility index (Phi) is 4.06. The number of rotatable bonds is 4. The van der Waals surface area contributed by atoms with Gasteiger partial charge in [0, 0.05) is 24.0 Å². The number of amides is 1. The van der Waals surface area contributed by atoms with Crippen LogP contribution in [0.5, 0.6) is 0 Å². The van der Waals surface area contributed by atoms with Crippen LogP contribution in [0.15, 0.2) is 24.3 Å². The standard InChI is InChI=1S/C14H18ClNO/c1-11-5-2-3-8-13(11)14(17)16(10-9-15)12-6-4-7-12/h2-3,5,8,12H,4,6-7,9-10H2,1H3. The van der Waals surface area contributed by atoms with Gasteiger partial charge in [0.15, 0.2) is 0 Å². The molecule has 0 aromatic heterocycles. The van der Waals surface area contributed by atoms with E-state index in [0.29, 0.717) is 18.5 Å². The van der Waals surface area contributed by atoms with Gasteiger partial charge >= 0.3 is 0 Å². The van der Waals surface area contributed by atoms with Crippen molar-refractivity contribution in [3.63, 3.8) is 0 Å². The van der Waals surface area contributed by atoms with E-state index < -0.39 is 0 Å². The first-order valence-corrected chi connectivity index (χ1v) is 6.70. The second-order valence-electron chi connectivity index (χ2n) is 4.59. The van der Waals surface area contributed by atoms with Gasteiger partial charge in [0.1, 0.15) is 0 Å². The van der Waals surface area contributed by atoms with Crippen LogP contribution < -0.4 is 0 Å². The van der Waals surface area contributed by atoms with Gasteiger partial charge in [-0.05, 0) is 37.8 Å². The Morgan fingerprint density at radius 3 is 2.65 bits per heavy atom. The highest BCUT2D eigenvalue weighted by molar-refractivity contribution is 6.18. The van der Waals surface area contributed by atoms with Crippen LogP contribution in [0.4, 0.5) is 0 Å². The van der Waals surface area contributed by atoms with Gasteiger partial charge in [-0.1, -0.05) is 18.2 Å².